The van der Waals surface area contributed by atoms with Gasteiger partial charge in [0.1, 0.15) is 16.8 Å². The SMILES string of the molecule is CCC[C@@H](CCO)Nc1nc(N)nc2cnn(Cc3ccc(CCC4(C)CCOCC4)cc3OC)c12. The molecule has 9 nitrogen and oxygen atoms in total. The molecule has 0 bridgehead atoms. The van der Waals surface area contributed by atoms with Crippen LogP contribution < -0.4 is 15.8 Å². The molecule has 1 aromatic carbocycles. The quantitative estimate of drug-likeness (QED) is 0.342. The van der Waals surface area contributed by atoms with E-state index in [-0.39, 0.29) is 18.6 Å². The Morgan fingerprint density at radius 3 is 2.78 bits per heavy atom. The first-order chi connectivity index (χ1) is 17.4. The average molecular weight is 497 g/mol. The molecule has 1 aliphatic heterocycles. The molecule has 3 aromatic rings. The van der Waals surface area contributed by atoms with E-state index in [4.69, 9.17) is 15.2 Å². The minimum absolute atomic E-state index is 0.0901. The molecule has 0 amide bonds. The predicted molar refractivity (Wildman–Crippen MR) is 142 cm³/mol. The molecule has 4 rings (SSSR count). The van der Waals surface area contributed by atoms with Crippen molar-refractivity contribution in [1.29, 1.82) is 0 Å². The zero-order chi connectivity index (χ0) is 25.5. The van der Waals surface area contributed by atoms with E-state index in [1.54, 1.807) is 13.3 Å². The largest absolute Gasteiger partial charge is 0.496 e. The summed E-state index contributed by atoms with van der Waals surface area (Å²) in [6.45, 7) is 6.85. The standard InChI is InChI=1S/C27H40N6O3/c1-4-5-21(9-13-34)30-25-24-22(31-26(28)32-25)17-29-33(24)18-20-7-6-19(16-23(20)35-3)8-10-27(2)11-14-36-15-12-27/h6-7,16-17,21,34H,4-5,8-15,18H2,1-3H3,(H3,28,30,31,32)/t21-/m0/s1. The molecule has 0 aliphatic carbocycles. The van der Waals surface area contributed by atoms with Crippen LogP contribution in [0.5, 0.6) is 5.75 Å². The number of aliphatic hydroxyl groups excluding tert-OH is 1. The van der Waals surface area contributed by atoms with Crippen molar-refractivity contribution in [2.45, 2.75) is 71.4 Å². The summed E-state index contributed by atoms with van der Waals surface area (Å²) in [5, 5.41) is 17.6. The Balaban J connectivity index is 1.56. The van der Waals surface area contributed by atoms with Crippen molar-refractivity contribution in [3.63, 3.8) is 0 Å². The molecule has 0 radical (unpaired) electrons. The van der Waals surface area contributed by atoms with Crippen LogP contribution in [0.15, 0.2) is 24.4 Å². The van der Waals surface area contributed by atoms with Crippen molar-refractivity contribution in [3.8, 4) is 5.75 Å². The summed E-state index contributed by atoms with van der Waals surface area (Å²) in [4.78, 5) is 8.87. The van der Waals surface area contributed by atoms with Gasteiger partial charge in [0.05, 0.1) is 19.9 Å². The number of anilines is 2. The maximum Gasteiger partial charge on any atom is 0.222 e. The molecule has 196 valence electrons. The second-order valence-electron chi connectivity index (χ2n) is 10.2. The molecule has 0 spiro atoms. The molecular weight excluding hydrogens is 456 g/mol. The van der Waals surface area contributed by atoms with Gasteiger partial charge in [-0.15, -0.1) is 0 Å². The molecule has 1 aliphatic rings. The summed E-state index contributed by atoms with van der Waals surface area (Å²) in [5.74, 6) is 1.69. The topological polar surface area (TPSA) is 120 Å². The highest BCUT2D eigenvalue weighted by Crippen LogP contribution is 2.35. The number of rotatable bonds is 12. The monoisotopic (exact) mass is 496 g/mol. The highest BCUT2D eigenvalue weighted by molar-refractivity contribution is 5.86. The van der Waals surface area contributed by atoms with Crippen molar-refractivity contribution >= 4 is 22.8 Å². The van der Waals surface area contributed by atoms with Gasteiger partial charge in [-0.1, -0.05) is 32.4 Å². The van der Waals surface area contributed by atoms with Crippen molar-refractivity contribution < 1.29 is 14.6 Å². The number of ether oxygens (including phenoxy) is 2. The molecule has 9 heteroatoms. The van der Waals surface area contributed by atoms with Gasteiger partial charge in [0.2, 0.25) is 5.95 Å². The van der Waals surface area contributed by atoms with Crippen LogP contribution in [0.2, 0.25) is 0 Å². The minimum Gasteiger partial charge on any atom is -0.496 e. The summed E-state index contributed by atoms with van der Waals surface area (Å²) < 4.78 is 13.2. The number of nitrogens with zero attached hydrogens (tertiary/aromatic N) is 4. The Morgan fingerprint density at radius 1 is 1.25 bits per heavy atom. The maximum absolute atomic E-state index is 9.49. The number of aromatic nitrogens is 4. The van der Waals surface area contributed by atoms with Crippen molar-refractivity contribution in [2.24, 2.45) is 5.41 Å². The summed E-state index contributed by atoms with van der Waals surface area (Å²) >= 11 is 0. The van der Waals surface area contributed by atoms with Gasteiger partial charge in [0.15, 0.2) is 5.82 Å². The van der Waals surface area contributed by atoms with Crippen LogP contribution in [-0.4, -0.2) is 57.8 Å². The molecule has 3 heterocycles. The lowest BCUT2D eigenvalue weighted by molar-refractivity contribution is 0.0199. The second-order valence-corrected chi connectivity index (χ2v) is 10.2. The zero-order valence-electron chi connectivity index (χ0n) is 21.8. The van der Waals surface area contributed by atoms with E-state index in [2.05, 4.69) is 52.4 Å². The lowest BCUT2D eigenvalue weighted by Crippen LogP contribution is -2.27. The number of nitrogens with two attached hydrogens (primary N) is 1. The van der Waals surface area contributed by atoms with Gasteiger partial charge in [-0.3, -0.25) is 4.68 Å². The van der Waals surface area contributed by atoms with Gasteiger partial charge in [0, 0.05) is 31.4 Å². The molecular formula is C27H40N6O3. The van der Waals surface area contributed by atoms with E-state index in [0.717, 1.165) is 68.6 Å². The number of methoxy groups -OCH3 is 1. The second kappa shape index (κ2) is 11.9. The molecule has 1 fully saturated rings. The first kappa shape index (κ1) is 26.2. The third kappa shape index (κ3) is 6.25. The first-order valence-corrected chi connectivity index (χ1v) is 13.0. The Kier molecular flexibility index (Phi) is 8.64. The molecule has 36 heavy (non-hydrogen) atoms. The highest BCUT2D eigenvalue weighted by atomic mass is 16.5. The Morgan fingerprint density at radius 2 is 2.06 bits per heavy atom. The summed E-state index contributed by atoms with van der Waals surface area (Å²) in [6, 6.07) is 6.56. The lowest BCUT2D eigenvalue weighted by atomic mass is 9.77. The van der Waals surface area contributed by atoms with Gasteiger partial charge in [-0.05, 0) is 55.6 Å². The molecule has 0 saturated carbocycles. The number of aliphatic hydroxyl groups is 1. The number of hydrogen-bond donors (Lipinski definition) is 3. The van der Waals surface area contributed by atoms with Crippen LogP contribution in [0.25, 0.3) is 11.0 Å². The third-order valence-corrected chi connectivity index (χ3v) is 7.35. The smallest absolute Gasteiger partial charge is 0.222 e. The summed E-state index contributed by atoms with van der Waals surface area (Å²) in [6.07, 6.45) is 8.66. The molecule has 1 saturated heterocycles. The van der Waals surface area contributed by atoms with Crippen LogP contribution in [0.4, 0.5) is 11.8 Å². The normalized spacial score (nSPS) is 16.2. The predicted octanol–water partition coefficient (Wildman–Crippen LogP) is 4.18. The van der Waals surface area contributed by atoms with Gasteiger partial charge >= 0.3 is 0 Å². The highest BCUT2D eigenvalue weighted by Gasteiger charge is 2.27. The Bertz CT molecular complexity index is 1140. The number of hydrogen-bond acceptors (Lipinski definition) is 8. The summed E-state index contributed by atoms with van der Waals surface area (Å²) in [5.41, 5.74) is 10.1. The Labute approximate surface area is 213 Å². The van der Waals surface area contributed by atoms with E-state index >= 15 is 0 Å². The number of fused-ring (bicyclic) bond motifs is 1. The van der Waals surface area contributed by atoms with Crippen LogP contribution in [-0.2, 0) is 17.7 Å². The fourth-order valence-corrected chi connectivity index (χ4v) is 5.02. The number of aryl methyl sites for hydroxylation is 1. The fraction of sp³-hybridized carbons (Fsp3) is 0.593. The molecule has 4 N–H and O–H groups in total. The number of benzene rings is 1. The zero-order valence-corrected chi connectivity index (χ0v) is 21.8. The number of nitrogen functional groups attached to an aromatic ring is 1. The van der Waals surface area contributed by atoms with Crippen LogP contribution >= 0.6 is 0 Å². The molecule has 2 aromatic heterocycles. The van der Waals surface area contributed by atoms with E-state index in [1.807, 2.05) is 4.68 Å². The van der Waals surface area contributed by atoms with Crippen LogP contribution in [0.1, 0.15) is 63.5 Å². The molecule has 1 atom stereocenters. The molecule has 0 unspecified atom stereocenters. The van der Waals surface area contributed by atoms with E-state index in [0.29, 0.717) is 29.7 Å². The van der Waals surface area contributed by atoms with E-state index < -0.39 is 0 Å². The van der Waals surface area contributed by atoms with Crippen molar-refractivity contribution in [3.05, 3.63) is 35.5 Å². The van der Waals surface area contributed by atoms with Gasteiger partial charge in [-0.2, -0.15) is 10.1 Å². The van der Waals surface area contributed by atoms with Crippen LogP contribution in [0, 0.1) is 5.41 Å². The van der Waals surface area contributed by atoms with Gasteiger partial charge in [-0.25, -0.2) is 4.98 Å². The summed E-state index contributed by atoms with van der Waals surface area (Å²) in [7, 11) is 1.71. The van der Waals surface area contributed by atoms with Crippen molar-refractivity contribution in [2.75, 3.05) is 38.0 Å². The van der Waals surface area contributed by atoms with Gasteiger partial charge in [0.25, 0.3) is 0 Å². The van der Waals surface area contributed by atoms with Crippen molar-refractivity contribution in [1.82, 2.24) is 19.7 Å². The fourth-order valence-electron chi connectivity index (χ4n) is 5.02. The lowest BCUT2D eigenvalue weighted by Gasteiger charge is -2.33. The Hall–Kier alpha value is -2.91. The van der Waals surface area contributed by atoms with E-state index in [9.17, 15) is 5.11 Å². The average Bonchev–Trinajstić information content (AvgIpc) is 3.26. The minimum atomic E-state index is 0.0901. The van der Waals surface area contributed by atoms with Crippen LogP contribution in [0.3, 0.4) is 0 Å². The first-order valence-electron chi connectivity index (χ1n) is 13.0. The van der Waals surface area contributed by atoms with Gasteiger partial charge < -0.3 is 25.6 Å². The number of nitrogens with one attached hydrogen (secondary N) is 1. The maximum atomic E-state index is 9.49. The van der Waals surface area contributed by atoms with E-state index in [1.165, 1.54) is 5.56 Å². The third-order valence-electron chi connectivity index (χ3n) is 7.35.